The number of aliphatic hydroxyl groups excluding tert-OH is 5. The SMILES string of the molecule is CCCCCCCCCCCCCCC[C@@H](O)[C@H](COC1OC(CO)C(O)C(O)C1O)NC(=O)CCCCCCCCC. The minimum Gasteiger partial charge on any atom is -0.394 e. The fourth-order valence-corrected chi connectivity index (χ4v) is 5.75. The van der Waals surface area contributed by atoms with E-state index in [4.69, 9.17) is 9.47 Å². The molecular formula is C34H67NO8. The predicted octanol–water partition coefficient (Wildman–Crippen LogP) is 5.27. The van der Waals surface area contributed by atoms with E-state index < -0.39 is 49.5 Å². The van der Waals surface area contributed by atoms with E-state index in [1.807, 2.05) is 0 Å². The second-order valence-corrected chi connectivity index (χ2v) is 12.7. The van der Waals surface area contributed by atoms with Crippen LogP contribution in [0.15, 0.2) is 0 Å². The van der Waals surface area contributed by atoms with Gasteiger partial charge < -0.3 is 40.3 Å². The Labute approximate surface area is 262 Å². The highest BCUT2D eigenvalue weighted by Crippen LogP contribution is 2.23. The minimum atomic E-state index is -1.54. The van der Waals surface area contributed by atoms with E-state index in [1.165, 1.54) is 89.9 Å². The standard InChI is InChI=1S/C34H67NO8/c1-3-5-7-9-11-12-13-14-15-16-18-19-21-23-28(37)27(35-30(38)24-22-20-17-10-8-6-4-2)26-42-34-33(41)32(40)31(39)29(25-36)43-34/h27-29,31-34,36-37,39-41H,3-26H2,1-2H3,(H,35,38)/t27-,28+,29?,31?,32?,33?,34?/m0/s1. The van der Waals surface area contributed by atoms with Crippen LogP contribution in [0, 0.1) is 0 Å². The van der Waals surface area contributed by atoms with Gasteiger partial charge in [-0.3, -0.25) is 4.79 Å². The minimum absolute atomic E-state index is 0.134. The molecule has 0 saturated carbocycles. The van der Waals surface area contributed by atoms with Crippen LogP contribution < -0.4 is 5.32 Å². The lowest BCUT2D eigenvalue weighted by Crippen LogP contribution is -2.60. The molecule has 1 rings (SSSR count). The van der Waals surface area contributed by atoms with Gasteiger partial charge in [0.15, 0.2) is 6.29 Å². The van der Waals surface area contributed by atoms with E-state index in [-0.39, 0.29) is 12.5 Å². The maximum atomic E-state index is 12.7. The van der Waals surface area contributed by atoms with Crippen LogP contribution in [0.3, 0.4) is 0 Å². The van der Waals surface area contributed by atoms with Crippen LogP contribution in [0.25, 0.3) is 0 Å². The number of aliphatic hydroxyl groups is 5. The van der Waals surface area contributed by atoms with Gasteiger partial charge in [0.1, 0.15) is 24.4 Å². The molecule has 1 aliphatic heterocycles. The molecule has 0 aromatic carbocycles. The van der Waals surface area contributed by atoms with Gasteiger partial charge in [-0.15, -0.1) is 0 Å². The van der Waals surface area contributed by atoms with Crippen LogP contribution >= 0.6 is 0 Å². The Morgan fingerprint density at radius 1 is 0.698 bits per heavy atom. The topological polar surface area (TPSA) is 149 Å². The quantitative estimate of drug-likeness (QED) is 0.0651. The average Bonchev–Trinajstić information content (AvgIpc) is 3.00. The number of hydrogen-bond donors (Lipinski definition) is 6. The highest BCUT2D eigenvalue weighted by atomic mass is 16.7. The molecule has 256 valence electrons. The summed E-state index contributed by atoms with van der Waals surface area (Å²) in [4.78, 5) is 12.7. The van der Waals surface area contributed by atoms with Crippen LogP contribution in [0.4, 0.5) is 0 Å². The number of nitrogens with one attached hydrogen (secondary N) is 1. The summed E-state index contributed by atoms with van der Waals surface area (Å²) in [5, 5.41) is 53.8. The predicted molar refractivity (Wildman–Crippen MR) is 171 cm³/mol. The van der Waals surface area contributed by atoms with Crippen molar-refractivity contribution in [2.45, 2.75) is 198 Å². The first-order valence-electron chi connectivity index (χ1n) is 17.7. The number of unbranched alkanes of at least 4 members (excludes halogenated alkanes) is 18. The third kappa shape index (κ3) is 18.7. The van der Waals surface area contributed by atoms with Gasteiger partial charge in [0.2, 0.25) is 5.91 Å². The lowest BCUT2D eigenvalue weighted by Gasteiger charge is -2.40. The Balaban J connectivity index is 2.44. The van der Waals surface area contributed by atoms with Crippen LogP contribution in [0.5, 0.6) is 0 Å². The molecule has 0 aliphatic carbocycles. The molecule has 1 amide bonds. The molecule has 1 aliphatic rings. The molecule has 1 fully saturated rings. The largest absolute Gasteiger partial charge is 0.394 e. The van der Waals surface area contributed by atoms with Gasteiger partial charge in [0, 0.05) is 6.42 Å². The number of ether oxygens (including phenoxy) is 2. The first-order chi connectivity index (χ1) is 20.8. The van der Waals surface area contributed by atoms with E-state index in [0.29, 0.717) is 12.8 Å². The zero-order valence-electron chi connectivity index (χ0n) is 27.5. The molecule has 5 unspecified atom stereocenters. The van der Waals surface area contributed by atoms with Crippen molar-refractivity contribution in [3.63, 3.8) is 0 Å². The number of amides is 1. The molecule has 0 radical (unpaired) electrons. The molecular weight excluding hydrogens is 550 g/mol. The molecule has 1 heterocycles. The maximum absolute atomic E-state index is 12.7. The Morgan fingerprint density at radius 2 is 1.16 bits per heavy atom. The monoisotopic (exact) mass is 617 g/mol. The summed E-state index contributed by atoms with van der Waals surface area (Å²) in [6.45, 7) is 3.75. The lowest BCUT2D eigenvalue weighted by molar-refractivity contribution is -0.302. The van der Waals surface area contributed by atoms with Crippen molar-refractivity contribution >= 4 is 5.91 Å². The first kappa shape index (κ1) is 40.2. The molecule has 0 spiro atoms. The summed E-state index contributed by atoms with van der Waals surface area (Å²) in [7, 11) is 0. The molecule has 9 nitrogen and oxygen atoms in total. The summed E-state index contributed by atoms with van der Waals surface area (Å²) in [5.74, 6) is -0.152. The smallest absolute Gasteiger partial charge is 0.220 e. The van der Waals surface area contributed by atoms with Gasteiger partial charge in [0.05, 0.1) is 25.4 Å². The Kier molecular flexibility index (Phi) is 24.7. The van der Waals surface area contributed by atoms with Crippen LogP contribution in [-0.4, -0.2) is 87.5 Å². The highest BCUT2D eigenvalue weighted by molar-refractivity contribution is 5.76. The summed E-state index contributed by atoms with van der Waals surface area (Å²) in [6.07, 6.45) is 17.0. The van der Waals surface area contributed by atoms with Gasteiger partial charge in [-0.05, 0) is 12.8 Å². The molecule has 6 N–H and O–H groups in total. The Hall–Kier alpha value is -0.810. The summed E-state index contributed by atoms with van der Waals surface area (Å²) < 4.78 is 11.1. The molecule has 9 heteroatoms. The first-order valence-corrected chi connectivity index (χ1v) is 17.7. The van der Waals surface area contributed by atoms with Crippen molar-refractivity contribution in [1.82, 2.24) is 5.32 Å². The van der Waals surface area contributed by atoms with Crippen molar-refractivity contribution in [2.75, 3.05) is 13.2 Å². The maximum Gasteiger partial charge on any atom is 0.220 e. The second kappa shape index (κ2) is 26.4. The summed E-state index contributed by atoms with van der Waals surface area (Å²) in [5.41, 5.74) is 0. The second-order valence-electron chi connectivity index (χ2n) is 12.7. The van der Waals surface area contributed by atoms with E-state index in [0.717, 1.165) is 38.5 Å². The highest BCUT2D eigenvalue weighted by Gasteiger charge is 2.44. The van der Waals surface area contributed by atoms with Crippen molar-refractivity contribution in [3.05, 3.63) is 0 Å². The molecule has 0 aromatic heterocycles. The van der Waals surface area contributed by atoms with Crippen LogP contribution in [-0.2, 0) is 14.3 Å². The zero-order chi connectivity index (χ0) is 31.7. The number of hydrogen-bond acceptors (Lipinski definition) is 8. The number of carbonyl (C=O) groups is 1. The van der Waals surface area contributed by atoms with Crippen LogP contribution in [0.2, 0.25) is 0 Å². The van der Waals surface area contributed by atoms with Gasteiger partial charge in [-0.25, -0.2) is 0 Å². The third-order valence-electron chi connectivity index (χ3n) is 8.71. The Bertz CT molecular complexity index is 652. The Morgan fingerprint density at radius 3 is 1.65 bits per heavy atom. The van der Waals surface area contributed by atoms with Gasteiger partial charge >= 0.3 is 0 Å². The molecule has 0 bridgehead atoms. The van der Waals surface area contributed by atoms with E-state index in [1.54, 1.807) is 0 Å². The fraction of sp³-hybridized carbons (Fsp3) is 0.971. The molecule has 43 heavy (non-hydrogen) atoms. The zero-order valence-corrected chi connectivity index (χ0v) is 27.5. The van der Waals surface area contributed by atoms with E-state index in [9.17, 15) is 30.3 Å². The van der Waals surface area contributed by atoms with Gasteiger partial charge in [-0.2, -0.15) is 0 Å². The van der Waals surface area contributed by atoms with E-state index in [2.05, 4.69) is 19.2 Å². The van der Waals surface area contributed by atoms with Gasteiger partial charge in [0.25, 0.3) is 0 Å². The molecule has 0 aromatic rings. The van der Waals surface area contributed by atoms with Gasteiger partial charge in [-0.1, -0.05) is 136 Å². The number of rotatable bonds is 28. The van der Waals surface area contributed by atoms with Crippen molar-refractivity contribution in [1.29, 1.82) is 0 Å². The van der Waals surface area contributed by atoms with E-state index >= 15 is 0 Å². The van der Waals surface area contributed by atoms with Crippen molar-refractivity contribution in [3.8, 4) is 0 Å². The molecule has 7 atom stereocenters. The third-order valence-corrected chi connectivity index (χ3v) is 8.71. The summed E-state index contributed by atoms with van der Waals surface area (Å²) in [6, 6.07) is -0.707. The van der Waals surface area contributed by atoms with Crippen LogP contribution in [0.1, 0.15) is 155 Å². The normalized spacial score (nSPS) is 23.7. The lowest BCUT2D eigenvalue weighted by atomic mass is 9.99. The summed E-state index contributed by atoms with van der Waals surface area (Å²) >= 11 is 0. The van der Waals surface area contributed by atoms with Crippen molar-refractivity contribution in [2.24, 2.45) is 0 Å². The fourth-order valence-electron chi connectivity index (χ4n) is 5.75. The average molecular weight is 618 g/mol. The van der Waals surface area contributed by atoms with Crippen molar-refractivity contribution < 1.29 is 39.8 Å². The number of carbonyl (C=O) groups excluding carboxylic acids is 1. The molecule has 1 saturated heterocycles.